The monoisotopic (exact) mass is 421 g/mol. The van der Waals surface area contributed by atoms with Gasteiger partial charge >= 0.3 is 6.18 Å². The molecule has 158 valence electrons. The van der Waals surface area contributed by atoms with Crippen molar-refractivity contribution in [2.45, 2.75) is 26.1 Å². The summed E-state index contributed by atoms with van der Waals surface area (Å²) in [6, 6.07) is 2.96. The van der Waals surface area contributed by atoms with Crippen molar-refractivity contribution in [3.63, 3.8) is 0 Å². The van der Waals surface area contributed by atoms with Gasteiger partial charge in [0.25, 0.3) is 0 Å². The zero-order valence-corrected chi connectivity index (χ0v) is 16.0. The number of nitrogens with zero attached hydrogens (tertiary/aromatic N) is 5. The Kier molecular flexibility index (Phi) is 4.94. The zero-order valence-electron chi connectivity index (χ0n) is 16.0. The minimum absolute atomic E-state index is 0.00131. The van der Waals surface area contributed by atoms with E-state index in [4.69, 9.17) is 4.74 Å². The van der Waals surface area contributed by atoms with Crippen molar-refractivity contribution in [2.75, 3.05) is 18.5 Å². The lowest BCUT2D eigenvalue weighted by Gasteiger charge is -2.14. The fourth-order valence-corrected chi connectivity index (χ4v) is 3.04. The molecule has 0 bridgehead atoms. The van der Waals surface area contributed by atoms with Gasteiger partial charge < -0.3 is 15.2 Å². The smallest absolute Gasteiger partial charge is 0.420 e. The van der Waals surface area contributed by atoms with Crippen LogP contribution in [0.5, 0.6) is 5.75 Å². The summed E-state index contributed by atoms with van der Waals surface area (Å²) < 4.78 is 47.9. The predicted molar refractivity (Wildman–Crippen MR) is 102 cm³/mol. The van der Waals surface area contributed by atoms with E-state index in [0.29, 0.717) is 35.1 Å². The summed E-state index contributed by atoms with van der Waals surface area (Å²) in [4.78, 5) is 7.79. The van der Waals surface area contributed by atoms with Crippen LogP contribution < -0.4 is 10.1 Å². The number of H-pyrrole nitrogens is 1. The van der Waals surface area contributed by atoms with E-state index in [0.717, 1.165) is 0 Å². The first-order valence-corrected chi connectivity index (χ1v) is 9.13. The molecule has 30 heavy (non-hydrogen) atoms. The lowest BCUT2D eigenvalue weighted by Crippen LogP contribution is -2.21. The number of pyridine rings is 1. The molecule has 4 rings (SSSR count). The third kappa shape index (κ3) is 3.49. The first-order chi connectivity index (χ1) is 14.3. The topological polar surface area (TPSA) is 113 Å². The fourth-order valence-electron chi connectivity index (χ4n) is 3.04. The van der Waals surface area contributed by atoms with Crippen molar-refractivity contribution in [1.82, 2.24) is 29.8 Å². The summed E-state index contributed by atoms with van der Waals surface area (Å²) in [6.45, 7) is 3.73. The Hall–Kier alpha value is -3.41. The van der Waals surface area contributed by atoms with Crippen molar-refractivity contribution in [2.24, 2.45) is 0 Å². The normalized spacial score (nSPS) is 13.1. The number of alkyl halides is 3. The molecule has 0 aliphatic carbocycles. The molecule has 4 aromatic rings. The Balaban J connectivity index is 1.91. The van der Waals surface area contributed by atoms with Gasteiger partial charge in [0.05, 0.1) is 30.3 Å². The second-order valence-corrected chi connectivity index (χ2v) is 6.61. The summed E-state index contributed by atoms with van der Waals surface area (Å²) in [6.07, 6.45) is -2.35. The number of aromatic nitrogens is 6. The molecule has 0 unspecified atom stereocenters. The largest absolute Gasteiger partial charge is 0.492 e. The number of ether oxygens (including phenoxy) is 1. The molecule has 3 N–H and O–H groups in total. The van der Waals surface area contributed by atoms with Gasteiger partial charge in [-0.25, -0.2) is 14.5 Å². The first kappa shape index (κ1) is 19.9. The zero-order chi connectivity index (χ0) is 21.5. The number of nitrogens with one attached hydrogen (secondary N) is 2. The number of anilines is 1. The van der Waals surface area contributed by atoms with Crippen molar-refractivity contribution in [3.05, 3.63) is 30.1 Å². The Morgan fingerprint density at radius 1 is 1.30 bits per heavy atom. The average molecular weight is 421 g/mol. The molecule has 0 amide bonds. The highest BCUT2D eigenvalue weighted by atomic mass is 19.4. The molecule has 9 nitrogen and oxygen atoms in total. The van der Waals surface area contributed by atoms with Gasteiger partial charge in [-0.1, -0.05) is 0 Å². The lowest BCUT2D eigenvalue weighted by atomic mass is 10.1. The highest BCUT2D eigenvalue weighted by Gasteiger charge is 2.37. The Morgan fingerprint density at radius 2 is 2.10 bits per heavy atom. The number of fused-ring (bicyclic) bond motifs is 3. The van der Waals surface area contributed by atoms with Crippen LogP contribution in [0.3, 0.4) is 0 Å². The van der Waals surface area contributed by atoms with Gasteiger partial charge in [-0.05, 0) is 26.0 Å². The van der Waals surface area contributed by atoms with E-state index in [2.05, 4.69) is 30.6 Å². The van der Waals surface area contributed by atoms with Gasteiger partial charge in [0, 0.05) is 12.2 Å². The molecular weight excluding hydrogens is 403 g/mol. The molecule has 4 aromatic heterocycles. The van der Waals surface area contributed by atoms with Gasteiger partial charge in [-0.15, -0.1) is 5.10 Å². The number of halogens is 3. The summed E-state index contributed by atoms with van der Waals surface area (Å²) in [5.74, 6) is 0.526. The molecule has 0 radical (unpaired) electrons. The van der Waals surface area contributed by atoms with Crippen LogP contribution >= 0.6 is 0 Å². The molecule has 0 saturated heterocycles. The van der Waals surface area contributed by atoms with Crippen molar-refractivity contribution in [3.8, 4) is 17.1 Å². The van der Waals surface area contributed by atoms with Gasteiger partial charge in [-0.3, -0.25) is 5.10 Å². The fraction of sp³-hybridized carbons (Fsp3) is 0.333. The minimum atomic E-state index is -4.69. The van der Waals surface area contributed by atoms with Crippen LogP contribution in [0, 0.1) is 0 Å². The van der Waals surface area contributed by atoms with Gasteiger partial charge in [0.1, 0.15) is 22.7 Å². The molecule has 0 spiro atoms. The standard InChI is InChI=1S/C18H18F3N7O2/c1-3-30-10-4-5-12-13-15(25-26-16(13)27-28(12)7-10)14-11(18(19,20)21)6-22-17(24-14)23-9(2)8-29/h4-7,9,29H,3,8H2,1-2H3,(H,26,27)(H,22,23,24)/t9-/m0/s1. The third-order valence-electron chi connectivity index (χ3n) is 4.39. The molecule has 0 aliphatic heterocycles. The maximum absolute atomic E-state index is 13.7. The maximum Gasteiger partial charge on any atom is 0.420 e. The molecule has 1 atom stereocenters. The third-order valence-corrected chi connectivity index (χ3v) is 4.39. The number of hydrogen-bond donors (Lipinski definition) is 3. The van der Waals surface area contributed by atoms with Crippen LogP contribution in [0.4, 0.5) is 19.1 Å². The number of aromatic amines is 1. The highest BCUT2D eigenvalue weighted by molar-refractivity contribution is 6.02. The predicted octanol–water partition coefficient (Wildman–Crippen LogP) is 2.88. The van der Waals surface area contributed by atoms with Crippen molar-refractivity contribution >= 4 is 22.5 Å². The summed E-state index contributed by atoms with van der Waals surface area (Å²) >= 11 is 0. The lowest BCUT2D eigenvalue weighted by molar-refractivity contribution is -0.137. The quantitative estimate of drug-likeness (QED) is 0.439. The molecule has 4 heterocycles. The van der Waals surface area contributed by atoms with Gasteiger partial charge in [-0.2, -0.15) is 18.3 Å². The number of hydrogen-bond acceptors (Lipinski definition) is 7. The van der Waals surface area contributed by atoms with Crippen LogP contribution in [-0.4, -0.2) is 54.1 Å². The average Bonchev–Trinajstić information content (AvgIpc) is 3.26. The first-order valence-electron chi connectivity index (χ1n) is 9.13. The molecule has 0 aromatic carbocycles. The van der Waals surface area contributed by atoms with Gasteiger partial charge in [0.15, 0.2) is 5.65 Å². The van der Waals surface area contributed by atoms with E-state index in [1.165, 1.54) is 4.52 Å². The number of rotatable bonds is 6. The second-order valence-electron chi connectivity index (χ2n) is 6.61. The van der Waals surface area contributed by atoms with E-state index < -0.39 is 17.8 Å². The van der Waals surface area contributed by atoms with Crippen LogP contribution in [0.2, 0.25) is 0 Å². The molecule has 12 heteroatoms. The van der Waals surface area contributed by atoms with Crippen LogP contribution in [-0.2, 0) is 6.18 Å². The molecule has 0 aliphatic rings. The Labute approximate surface area is 167 Å². The number of aliphatic hydroxyl groups excluding tert-OH is 1. The van der Waals surface area contributed by atoms with E-state index in [1.54, 1.807) is 25.3 Å². The molecular formula is C18H18F3N7O2. The highest BCUT2D eigenvalue weighted by Crippen LogP contribution is 2.38. The second kappa shape index (κ2) is 7.44. The van der Waals surface area contributed by atoms with Crippen LogP contribution in [0.25, 0.3) is 27.9 Å². The van der Waals surface area contributed by atoms with E-state index in [1.807, 2.05) is 6.92 Å². The van der Waals surface area contributed by atoms with Crippen molar-refractivity contribution in [1.29, 1.82) is 0 Å². The Bertz CT molecular complexity index is 1200. The van der Waals surface area contributed by atoms with E-state index in [-0.39, 0.29) is 23.9 Å². The summed E-state index contributed by atoms with van der Waals surface area (Å²) in [5, 5.41) is 23.4. The van der Waals surface area contributed by atoms with Gasteiger partial charge in [0.2, 0.25) is 5.95 Å². The minimum Gasteiger partial charge on any atom is -0.492 e. The maximum atomic E-state index is 13.7. The van der Waals surface area contributed by atoms with E-state index >= 15 is 0 Å². The SMILES string of the molecule is CCOc1ccc2c3c(-c4nc(N[C@@H](C)CO)ncc4C(F)(F)F)n[nH]c3nn2c1. The summed E-state index contributed by atoms with van der Waals surface area (Å²) in [5.41, 5.74) is -0.562. The Morgan fingerprint density at radius 3 is 2.80 bits per heavy atom. The van der Waals surface area contributed by atoms with E-state index in [9.17, 15) is 18.3 Å². The summed E-state index contributed by atoms with van der Waals surface area (Å²) in [7, 11) is 0. The number of aliphatic hydroxyl groups is 1. The van der Waals surface area contributed by atoms with Crippen LogP contribution in [0.1, 0.15) is 19.4 Å². The van der Waals surface area contributed by atoms with Crippen LogP contribution in [0.15, 0.2) is 24.5 Å². The van der Waals surface area contributed by atoms with Crippen molar-refractivity contribution < 1.29 is 23.0 Å². The molecule has 0 saturated carbocycles. The molecule has 0 fully saturated rings.